The second-order valence-corrected chi connectivity index (χ2v) is 6.71. The number of para-hydroxylation sites is 2. The fraction of sp³-hybridized carbons (Fsp3) is 0.308. The largest absolute Gasteiger partial charge is 0.397 e. The van der Waals surface area contributed by atoms with Crippen molar-refractivity contribution < 1.29 is 18.2 Å². The molecule has 0 radical (unpaired) electrons. The van der Waals surface area contributed by atoms with E-state index in [9.17, 15) is 13.6 Å². The van der Waals surface area contributed by atoms with Gasteiger partial charge in [0.05, 0.1) is 25.0 Å². The summed E-state index contributed by atoms with van der Waals surface area (Å²) in [7, 11) is -1.92. The highest BCUT2D eigenvalue weighted by atomic mass is 32.2. The van der Waals surface area contributed by atoms with Crippen LogP contribution in [0.5, 0.6) is 0 Å². The van der Waals surface area contributed by atoms with Crippen molar-refractivity contribution in [2.75, 3.05) is 16.0 Å². The molecule has 0 unspecified atom stereocenters. The molecule has 0 atom stereocenters. The first kappa shape index (κ1) is 15.3. The summed E-state index contributed by atoms with van der Waals surface area (Å²) in [5.74, 6) is -0.167. The Bertz CT molecular complexity index is 712. The first-order valence-electron chi connectivity index (χ1n) is 6.47. The molecule has 3 N–H and O–H groups in total. The molecule has 8 heteroatoms. The van der Waals surface area contributed by atoms with Gasteiger partial charge in [0, 0.05) is 6.42 Å². The van der Waals surface area contributed by atoms with E-state index < -0.39 is 10.0 Å². The smallest absolute Gasteiger partial charge is 0.257 e. The van der Waals surface area contributed by atoms with Crippen LogP contribution in [-0.4, -0.2) is 23.9 Å². The van der Waals surface area contributed by atoms with Gasteiger partial charge in [-0.3, -0.25) is 5.21 Å². The molecule has 2 aromatic rings. The minimum absolute atomic E-state index is 0.0739. The Labute approximate surface area is 123 Å². The zero-order chi connectivity index (χ0) is 15.5. The first-order valence-corrected chi connectivity index (χ1v) is 8.08. The number of anilines is 2. The van der Waals surface area contributed by atoms with E-state index in [4.69, 9.17) is 5.73 Å². The van der Waals surface area contributed by atoms with E-state index in [1.807, 2.05) is 34.9 Å². The van der Waals surface area contributed by atoms with Crippen LogP contribution in [0.25, 0.3) is 0 Å². The summed E-state index contributed by atoms with van der Waals surface area (Å²) in [5, 5.41) is 9.88. The lowest BCUT2D eigenvalue weighted by Crippen LogP contribution is -2.30. The van der Waals surface area contributed by atoms with Crippen LogP contribution in [-0.2, 0) is 23.6 Å². The molecule has 0 aliphatic heterocycles. The molecular weight excluding hydrogens is 292 g/mol. The van der Waals surface area contributed by atoms with Crippen molar-refractivity contribution in [3.63, 3.8) is 0 Å². The number of nitrogens with two attached hydrogens (primary N) is 1. The van der Waals surface area contributed by atoms with Gasteiger partial charge in [-0.05, 0) is 12.1 Å². The van der Waals surface area contributed by atoms with Crippen LogP contribution in [0.2, 0.25) is 0 Å². The number of rotatable bonds is 6. The fourth-order valence-corrected chi connectivity index (χ4v) is 3.09. The fourth-order valence-electron chi connectivity index (χ4n) is 1.96. The third-order valence-electron chi connectivity index (χ3n) is 3.05. The van der Waals surface area contributed by atoms with Crippen molar-refractivity contribution in [3.05, 3.63) is 43.0 Å². The third-order valence-corrected chi connectivity index (χ3v) is 4.58. The van der Waals surface area contributed by atoms with E-state index in [0.717, 1.165) is 0 Å². The van der Waals surface area contributed by atoms with Crippen LogP contribution >= 0.6 is 0 Å². The quantitative estimate of drug-likeness (QED) is 0.462. The maximum absolute atomic E-state index is 12.1. The van der Waals surface area contributed by atoms with Gasteiger partial charge in [-0.25, -0.2) is 17.6 Å². The van der Waals surface area contributed by atoms with Crippen molar-refractivity contribution in [2.45, 2.75) is 13.0 Å². The van der Waals surface area contributed by atoms with Crippen LogP contribution < -0.4 is 14.8 Å². The number of nitrogen functional groups attached to an aromatic ring is 1. The van der Waals surface area contributed by atoms with Crippen LogP contribution in [0.4, 0.5) is 11.4 Å². The number of hydrogen-bond donors (Lipinski definition) is 2. The lowest BCUT2D eigenvalue weighted by molar-refractivity contribution is -0.671. The second kappa shape index (κ2) is 6.15. The highest BCUT2D eigenvalue weighted by Crippen LogP contribution is 2.23. The second-order valence-electron chi connectivity index (χ2n) is 4.79. The van der Waals surface area contributed by atoms with Gasteiger partial charge < -0.3 is 5.73 Å². The average molecular weight is 311 g/mol. The highest BCUT2D eigenvalue weighted by molar-refractivity contribution is 7.92. The first-order chi connectivity index (χ1) is 9.90. The molecule has 0 saturated heterocycles. The Morgan fingerprint density at radius 1 is 1.38 bits per heavy atom. The summed E-state index contributed by atoms with van der Waals surface area (Å²) in [6.45, 7) is 0.554. The van der Waals surface area contributed by atoms with E-state index in [2.05, 4.69) is 0 Å². The molecule has 2 rings (SSSR count). The maximum atomic E-state index is 12.1. The molecule has 0 spiro atoms. The number of aryl methyl sites for hydroxylation is 2. The maximum Gasteiger partial charge on any atom is 0.257 e. The van der Waals surface area contributed by atoms with Crippen LogP contribution in [0.15, 0.2) is 43.0 Å². The topological polar surface area (TPSA) is 92.4 Å². The lowest BCUT2D eigenvalue weighted by Gasteiger charge is -2.18. The predicted octanol–water partition coefficient (Wildman–Crippen LogP) is 0.511. The minimum Gasteiger partial charge on any atom is -0.397 e. The van der Waals surface area contributed by atoms with Crippen LogP contribution in [0.1, 0.15) is 6.42 Å². The Kier molecular flexibility index (Phi) is 4.49. The highest BCUT2D eigenvalue weighted by Gasteiger charge is 2.22. The monoisotopic (exact) mass is 311 g/mol. The number of nitrogens with zero attached hydrogens (tertiary/aromatic N) is 3. The van der Waals surface area contributed by atoms with Gasteiger partial charge in [-0.2, -0.15) is 0 Å². The van der Waals surface area contributed by atoms with Gasteiger partial charge in [0.15, 0.2) is 0 Å². The summed E-state index contributed by atoms with van der Waals surface area (Å²) in [6.07, 6.45) is 5.98. The van der Waals surface area contributed by atoms with Crippen molar-refractivity contribution >= 4 is 21.4 Å². The molecule has 1 heterocycles. The Morgan fingerprint density at radius 3 is 2.71 bits per heavy atom. The summed E-state index contributed by atoms with van der Waals surface area (Å²) >= 11 is 0. The number of aromatic nitrogens is 2. The van der Waals surface area contributed by atoms with E-state index in [1.54, 1.807) is 12.1 Å². The lowest BCUT2D eigenvalue weighted by atomic mass is 10.3. The van der Waals surface area contributed by atoms with Crippen LogP contribution in [0, 0.1) is 0 Å². The summed E-state index contributed by atoms with van der Waals surface area (Å²) in [6, 6.07) is 6.28. The third kappa shape index (κ3) is 3.73. The van der Waals surface area contributed by atoms with Gasteiger partial charge in [0.1, 0.15) is 18.1 Å². The van der Waals surface area contributed by atoms with Crippen molar-refractivity contribution in [1.29, 1.82) is 0 Å². The summed E-state index contributed by atoms with van der Waals surface area (Å²) in [4.78, 5) is 0. The van der Waals surface area contributed by atoms with E-state index in [0.29, 0.717) is 13.0 Å². The van der Waals surface area contributed by atoms with Gasteiger partial charge >= 0.3 is 0 Å². The Morgan fingerprint density at radius 2 is 2.10 bits per heavy atom. The average Bonchev–Trinajstić information content (AvgIpc) is 2.84. The van der Waals surface area contributed by atoms with Crippen molar-refractivity contribution in [3.8, 4) is 0 Å². The predicted molar refractivity (Wildman–Crippen MR) is 79.1 cm³/mol. The Hall–Kier alpha value is -2.06. The number of benzene rings is 1. The standard InChI is InChI=1S/C13H19N4O3S/c1-15-8-9-16(11-15)7-4-10-21(19,20)17(18)13-6-3-2-5-12(13)14/h2-3,5-6,8-9,11,18H,4,7,10,14H2,1H3/q+1. The van der Waals surface area contributed by atoms with E-state index in [-0.39, 0.29) is 21.6 Å². The molecule has 0 aliphatic rings. The van der Waals surface area contributed by atoms with Crippen molar-refractivity contribution in [2.24, 2.45) is 7.05 Å². The van der Waals surface area contributed by atoms with Gasteiger partial charge in [0.2, 0.25) is 6.33 Å². The van der Waals surface area contributed by atoms with Crippen molar-refractivity contribution in [1.82, 2.24) is 4.57 Å². The Balaban J connectivity index is 2.00. The molecule has 0 amide bonds. The zero-order valence-electron chi connectivity index (χ0n) is 11.8. The summed E-state index contributed by atoms with van der Waals surface area (Å²) in [5.41, 5.74) is 5.95. The molecule has 0 aliphatic carbocycles. The number of hydrogen-bond acceptors (Lipinski definition) is 4. The molecule has 1 aromatic carbocycles. The van der Waals surface area contributed by atoms with Gasteiger partial charge in [-0.15, -0.1) is 4.47 Å². The molecule has 21 heavy (non-hydrogen) atoms. The molecule has 1 aromatic heterocycles. The van der Waals surface area contributed by atoms with Gasteiger partial charge in [0.25, 0.3) is 10.0 Å². The van der Waals surface area contributed by atoms with E-state index in [1.165, 1.54) is 12.1 Å². The molecule has 7 nitrogen and oxygen atoms in total. The van der Waals surface area contributed by atoms with Gasteiger partial charge in [-0.1, -0.05) is 12.1 Å². The van der Waals surface area contributed by atoms with E-state index >= 15 is 0 Å². The van der Waals surface area contributed by atoms with Crippen LogP contribution in [0.3, 0.4) is 0 Å². The SMILES string of the molecule is C[n+]1ccn(CCCS(=O)(=O)N(O)c2ccccc2N)c1. The molecular formula is C13H19N4O3S+. The molecule has 0 saturated carbocycles. The normalized spacial score (nSPS) is 11.5. The number of imidazole rings is 1. The zero-order valence-corrected chi connectivity index (χ0v) is 12.6. The summed E-state index contributed by atoms with van der Waals surface area (Å²) < 4.78 is 28.2. The molecule has 0 fully saturated rings. The molecule has 0 bridgehead atoms. The molecule has 114 valence electrons. The number of sulfonamides is 1. The minimum atomic E-state index is -3.81.